The lowest BCUT2D eigenvalue weighted by molar-refractivity contribution is 0.174. The molecule has 0 amide bonds. The Hall–Kier alpha value is -2.80. The van der Waals surface area contributed by atoms with E-state index in [-0.39, 0.29) is 16.6 Å². The van der Waals surface area contributed by atoms with Crippen molar-refractivity contribution in [2.45, 2.75) is 23.6 Å². The van der Waals surface area contributed by atoms with Crippen molar-refractivity contribution in [3.05, 3.63) is 57.9 Å². The zero-order valence-corrected chi connectivity index (χ0v) is 14.4. The van der Waals surface area contributed by atoms with Gasteiger partial charge in [-0.15, -0.1) is 0 Å². The van der Waals surface area contributed by atoms with E-state index in [4.69, 9.17) is 9.47 Å². The summed E-state index contributed by atoms with van der Waals surface area (Å²) in [6.07, 6.45) is 0. The maximum absolute atomic E-state index is 13.0. The van der Waals surface area contributed by atoms with Gasteiger partial charge in [0.1, 0.15) is 4.90 Å². The third kappa shape index (κ3) is 2.39. The summed E-state index contributed by atoms with van der Waals surface area (Å²) in [5.74, 6) is 1.05. The number of hydrogen-bond acceptors (Lipinski definition) is 5. The van der Waals surface area contributed by atoms with Gasteiger partial charge in [0.15, 0.2) is 11.5 Å². The Morgan fingerprint density at radius 2 is 1.64 bits per heavy atom. The Labute approximate surface area is 143 Å². The van der Waals surface area contributed by atoms with Gasteiger partial charge in [-0.25, -0.2) is 8.42 Å². The molecule has 0 aliphatic carbocycles. The smallest absolute Gasteiger partial charge is 0.267 e. The van der Waals surface area contributed by atoms with Crippen LogP contribution in [0.15, 0.2) is 51.0 Å². The highest BCUT2D eigenvalue weighted by molar-refractivity contribution is 7.91. The monoisotopic (exact) mass is 357 g/mol. The summed E-state index contributed by atoms with van der Waals surface area (Å²) < 4.78 is 36.6. The third-order valence-corrected chi connectivity index (χ3v) is 6.23. The largest absolute Gasteiger partial charge is 0.454 e. The molecule has 128 valence electrons. The number of aromatic amines is 1. The number of hydrogen-bond donors (Lipinski definition) is 1. The summed E-state index contributed by atoms with van der Waals surface area (Å²) in [5.41, 5.74) is 1.19. The number of aryl methyl sites for hydroxylation is 2. The Kier molecular flexibility index (Phi) is 3.36. The molecule has 0 saturated heterocycles. The molecule has 0 unspecified atom stereocenters. The minimum absolute atomic E-state index is 0.0896. The van der Waals surface area contributed by atoms with Gasteiger partial charge < -0.3 is 14.5 Å². The van der Waals surface area contributed by atoms with Gasteiger partial charge >= 0.3 is 0 Å². The molecule has 0 radical (unpaired) electrons. The van der Waals surface area contributed by atoms with Crippen LogP contribution in [0.2, 0.25) is 0 Å². The molecule has 2 aromatic carbocycles. The van der Waals surface area contributed by atoms with Crippen LogP contribution in [-0.4, -0.2) is 20.2 Å². The lowest BCUT2D eigenvalue weighted by Gasteiger charge is -2.11. The number of sulfone groups is 1. The number of aromatic nitrogens is 1. The number of pyridine rings is 1. The number of rotatable bonds is 2. The van der Waals surface area contributed by atoms with E-state index >= 15 is 0 Å². The van der Waals surface area contributed by atoms with Gasteiger partial charge in [0.25, 0.3) is 5.56 Å². The highest BCUT2D eigenvalue weighted by atomic mass is 32.2. The van der Waals surface area contributed by atoms with Crippen molar-refractivity contribution in [3.63, 3.8) is 0 Å². The number of fused-ring (bicyclic) bond motifs is 2. The molecule has 1 aromatic heterocycles. The number of benzene rings is 2. The quantitative estimate of drug-likeness (QED) is 0.762. The van der Waals surface area contributed by atoms with Crippen LogP contribution in [0.5, 0.6) is 11.5 Å². The van der Waals surface area contributed by atoms with Crippen molar-refractivity contribution in [1.29, 1.82) is 0 Å². The van der Waals surface area contributed by atoms with Gasteiger partial charge in [-0.3, -0.25) is 4.79 Å². The molecule has 1 aliphatic heterocycles. The molecule has 3 aromatic rings. The molecular formula is C18H15NO5S. The first-order valence-electron chi connectivity index (χ1n) is 7.66. The van der Waals surface area contributed by atoms with E-state index in [0.717, 1.165) is 5.56 Å². The first kappa shape index (κ1) is 15.7. The number of H-pyrrole nitrogens is 1. The zero-order chi connectivity index (χ0) is 17.8. The van der Waals surface area contributed by atoms with Crippen LogP contribution in [0.1, 0.15) is 11.1 Å². The van der Waals surface area contributed by atoms with Crippen molar-refractivity contribution >= 4 is 20.7 Å². The van der Waals surface area contributed by atoms with Crippen LogP contribution in [0.4, 0.5) is 0 Å². The zero-order valence-electron chi connectivity index (χ0n) is 13.6. The van der Waals surface area contributed by atoms with E-state index in [1.807, 2.05) is 6.92 Å². The van der Waals surface area contributed by atoms with E-state index in [2.05, 4.69) is 4.98 Å². The Bertz CT molecular complexity index is 1160. The molecule has 1 N–H and O–H groups in total. The first-order valence-corrected chi connectivity index (χ1v) is 9.14. The summed E-state index contributed by atoms with van der Waals surface area (Å²) in [4.78, 5) is 15.0. The van der Waals surface area contributed by atoms with Crippen molar-refractivity contribution in [1.82, 2.24) is 4.98 Å². The van der Waals surface area contributed by atoms with E-state index in [0.29, 0.717) is 28.0 Å². The summed E-state index contributed by atoms with van der Waals surface area (Å²) >= 11 is 0. The molecule has 25 heavy (non-hydrogen) atoms. The van der Waals surface area contributed by atoms with Crippen molar-refractivity contribution in [2.75, 3.05) is 6.79 Å². The topological polar surface area (TPSA) is 85.5 Å². The van der Waals surface area contributed by atoms with E-state index < -0.39 is 15.4 Å². The van der Waals surface area contributed by atoms with E-state index in [9.17, 15) is 13.2 Å². The van der Waals surface area contributed by atoms with Crippen molar-refractivity contribution < 1.29 is 17.9 Å². The predicted molar refractivity (Wildman–Crippen MR) is 92.1 cm³/mol. The molecule has 0 atom stereocenters. The van der Waals surface area contributed by atoms with Gasteiger partial charge in [-0.2, -0.15) is 0 Å². The van der Waals surface area contributed by atoms with Gasteiger partial charge in [0, 0.05) is 11.5 Å². The predicted octanol–water partition coefficient (Wildman–Crippen LogP) is 2.71. The number of ether oxygens (including phenoxy) is 2. The lowest BCUT2D eigenvalue weighted by Crippen LogP contribution is -2.20. The van der Waals surface area contributed by atoms with Crippen LogP contribution >= 0.6 is 0 Å². The average Bonchev–Trinajstić information content (AvgIpc) is 3.00. The molecule has 1 aliphatic rings. The van der Waals surface area contributed by atoms with Crippen LogP contribution in [-0.2, 0) is 9.84 Å². The van der Waals surface area contributed by atoms with Gasteiger partial charge in [-0.1, -0.05) is 17.7 Å². The molecule has 6 nitrogen and oxygen atoms in total. The maximum Gasteiger partial charge on any atom is 0.267 e. The van der Waals surface area contributed by atoms with Gasteiger partial charge in [0.05, 0.1) is 10.4 Å². The standard InChI is InChI=1S/C18H15NO5S/c1-10-3-5-12(6-4-10)25(21,22)17-11(2)13-7-15-16(24-9-23-15)8-14(13)19-18(17)20/h3-8H,9H2,1-2H3,(H,19,20). The molecule has 0 spiro atoms. The van der Waals surface area contributed by atoms with Crippen LogP contribution < -0.4 is 15.0 Å². The fourth-order valence-electron chi connectivity index (χ4n) is 2.99. The molecule has 2 heterocycles. The van der Waals surface area contributed by atoms with Gasteiger partial charge in [0.2, 0.25) is 16.6 Å². The first-order chi connectivity index (χ1) is 11.9. The summed E-state index contributed by atoms with van der Waals surface area (Å²) in [6, 6.07) is 9.76. The maximum atomic E-state index is 13.0. The van der Waals surface area contributed by atoms with Crippen molar-refractivity contribution in [3.8, 4) is 11.5 Å². The third-order valence-electron chi connectivity index (χ3n) is 4.31. The highest BCUT2D eigenvalue weighted by Crippen LogP contribution is 2.37. The lowest BCUT2D eigenvalue weighted by atomic mass is 10.1. The fourth-order valence-corrected chi connectivity index (χ4v) is 4.52. The molecule has 7 heteroatoms. The van der Waals surface area contributed by atoms with Crippen LogP contribution in [0, 0.1) is 13.8 Å². The second-order valence-electron chi connectivity index (χ2n) is 5.98. The molecule has 0 bridgehead atoms. The van der Waals surface area contributed by atoms with Crippen LogP contribution in [0.3, 0.4) is 0 Å². The molecule has 0 saturated carbocycles. The minimum atomic E-state index is -3.94. The Balaban J connectivity index is 2.00. The molecular weight excluding hydrogens is 342 g/mol. The fraction of sp³-hybridized carbons (Fsp3) is 0.167. The Morgan fingerprint density at radius 3 is 2.32 bits per heavy atom. The van der Waals surface area contributed by atoms with E-state index in [1.54, 1.807) is 31.2 Å². The normalized spacial score (nSPS) is 13.4. The highest BCUT2D eigenvalue weighted by Gasteiger charge is 2.26. The summed E-state index contributed by atoms with van der Waals surface area (Å²) in [5, 5.41) is 0.606. The van der Waals surface area contributed by atoms with Gasteiger partial charge in [-0.05, 0) is 37.6 Å². The summed E-state index contributed by atoms with van der Waals surface area (Å²) in [6.45, 7) is 3.59. The van der Waals surface area contributed by atoms with Crippen LogP contribution in [0.25, 0.3) is 10.9 Å². The summed E-state index contributed by atoms with van der Waals surface area (Å²) in [7, 11) is -3.94. The Morgan fingerprint density at radius 1 is 1.00 bits per heavy atom. The average molecular weight is 357 g/mol. The SMILES string of the molecule is Cc1ccc(S(=O)(=O)c2c(C)c3cc4c(cc3[nH]c2=O)OCO4)cc1. The van der Waals surface area contributed by atoms with E-state index in [1.165, 1.54) is 12.1 Å². The second-order valence-corrected chi connectivity index (χ2v) is 7.86. The number of nitrogens with one attached hydrogen (secondary N) is 1. The van der Waals surface area contributed by atoms with Crippen molar-refractivity contribution in [2.24, 2.45) is 0 Å². The molecule has 4 rings (SSSR count). The minimum Gasteiger partial charge on any atom is -0.454 e. The molecule has 0 fully saturated rings. The second kappa shape index (κ2) is 5.35.